The molecule has 0 aliphatic heterocycles. The minimum Gasteiger partial charge on any atom is -0.505 e. The summed E-state index contributed by atoms with van der Waals surface area (Å²) in [5.41, 5.74) is 0.960. The molecule has 8 nitrogen and oxygen atoms in total. The number of carbonyl (C=O) groups is 2. The Balaban J connectivity index is 1.93. The molecule has 9 heteroatoms. The first kappa shape index (κ1) is 20.2. The van der Waals surface area contributed by atoms with Gasteiger partial charge >= 0.3 is 12.0 Å². The maximum atomic E-state index is 12.6. The van der Waals surface area contributed by atoms with Gasteiger partial charge in [-0.05, 0) is 11.6 Å². The van der Waals surface area contributed by atoms with Crippen LogP contribution in [-0.2, 0) is 11.8 Å². The van der Waals surface area contributed by atoms with Crippen LogP contribution in [0.3, 0.4) is 0 Å². The van der Waals surface area contributed by atoms with E-state index in [1.54, 1.807) is 12.3 Å². The van der Waals surface area contributed by atoms with Gasteiger partial charge in [-0.3, -0.25) is 14.9 Å². The number of amides is 2. The number of nitrogens with one attached hydrogen (secondary N) is 2. The zero-order chi connectivity index (χ0) is 21.0. The van der Waals surface area contributed by atoms with Crippen molar-refractivity contribution < 1.29 is 19.4 Å². The number of aromatic nitrogens is 1. The van der Waals surface area contributed by atoms with Crippen LogP contribution in [0.5, 0.6) is 10.8 Å². The lowest BCUT2D eigenvalue weighted by molar-refractivity contribution is -0.133. The standard InChI is InChI=1S/C20H19N3O5S/c1-3-15(25)28-19-16(13(11-29-19)12-7-5-4-6-8-12)21-20(27)22-17-14(24)9-10-23(2)18(17)26/h4-11,24H,3H2,1-2H3,(H2,21,22,27). The molecule has 0 saturated carbocycles. The third-order valence-electron chi connectivity index (χ3n) is 4.06. The normalized spacial score (nSPS) is 10.4. The second-order valence-corrected chi connectivity index (χ2v) is 6.92. The lowest BCUT2D eigenvalue weighted by Gasteiger charge is -2.12. The largest absolute Gasteiger partial charge is 0.505 e. The second-order valence-electron chi connectivity index (χ2n) is 6.08. The van der Waals surface area contributed by atoms with E-state index in [0.29, 0.717) is 11.3 Å². The average Bonchev–Trinajstić information content (AvgIpc) is 3.10. The van der Waals surface area contributed by atoms with E-state index in [-0.39, 0.29) is 22.9 Å². The molecule has 2 aromatic heterocycles. The first-order valence-corrected chi connectivity index (χ1v) is 9.62. The molecule has 0 unspecified atom stereocenters. The van der Waals surface area contributed by atoms with Crippen LogP contribution in [-0.4, -0.2) is 21.7 Å². The summed E-state index contributed by atoms with van der Waals surface area (Å²) >= 11 is 1.17. The summed E-state index contributed by atoms with van der Waals surface area (Å²) in [6.45, 7) is 1.67. The molecule has 29 heavy (non-hydrogen) atoms. The van der Waals surface area contributed by atoms with E-state index >= 15 is 0 Å². The number of ether oxygens (including phenoxy) is 1. The van der Waals surface area contributed by atoms with Crippen LogP contribution < -0.4 is 20.9 Å². The molecule has 150 valence electrons. The van der Waals surface area contributed by atoms with Crippen LogP contribution in [0.25, 0.3) is 11.1 Å². The Morgan fingerprint density at radius 3 is 2.52 bits per heavy atom. The minimum absolute atomic E-state index is 0.179. The molecule has 3 aromatic rings. The van der Waals surface area contributed by atoms with E-state index in [1.165, 1.54) is 35.2 Å². The molecule has 0 aliphatic carbocycles. The predicted octanol–water partition coefficient (Wildman–Crippen LogP) is 3.78. The van der Waals surface area contributed by atoms with Crippen LogP contribution >= 0.6 is 11.3 Å². The highest BCUT2D eigenvalue weighted by atomic mass is 32.1. The van der Waals surface area contributed by atoms with Gasteiger partial charge in [0.1, 0.15) is 11.4 Å². The second kappa shape index (κ2) is 8.61. The summed E-state index contributed by atoms with van der Waals surface area (Å²) < 4.78 is 6.56. The smallest absolute Gasteiger partial charge is 0.324 e. The highest BCUT2D eigenvalue weighted by molar-refractivity contribution is 7.13. The van der Waals surface area contributed by atoms with Gasteiger partial charge in [0.15, 0.2) is 5.69 Å². The first-order valence-electron chi connectivity index (χ1n) is 8.75. The van der Waals surface area contributed by atoms with Crippen molar-refractivity contribution in [3.63, 3.8) is 0 Å². The predicted molar refractivity (Wildman–Crippen MR) is 112 cm³/mol. The van der Waals surface area contributed by atoms with Crippen LogP contribution in [0.15, 0.2) is 52.8 Å². The van der Waals surface area contributed by atoms with Gasteiger partial charge < -0.3 is 19.7 Å². The fourth-order valence-electron chi connectivity index (χ4n) is 2.53. The van der Waals surface area contributed by atoms with Crippen molar-refractivity contribution in [1.82, 2.24) is 4.57 Å². The molecule has 2 heterocycles. The summed E-state index contributed by atoms with van der Waals surface area (Å²) in [7, 11) is 1.50. The van der Waals surface area contributed by atoms with Crippen molar-refractivity contribution >= 4 is 34.7 Å². The maximum Gasteiger partial charge on any atom is 0.324 e. The third-order valence-corrected chi connectivity index (χ3v) is 4.92. The van der Waals surface area contributed by atoms with E-state index in [9.17, 15) is 19.5 Å². The van der Waals surface area contributed by atoms with E-state index in [1.807, 2.05) is 30.3 Å². The minimum atomic E-state index is -0.757. The number of hydrogen-bond acceptors (Lipinski definition) is 6. The van der Waals surface area contributed by atoms with Gasteiger partial charge in [-0.1, -0.05) is 37.3 Å². The van der Waals surface area contributed by atoms with E-state index in [4.69, 9.17) is 4.74 Å². The van der Waals surface area contributed by atoms with Gasteiger partial charge in [-0.25, -0.2) is 4.79 Å². The number of aromatic hydroxyl groups is 1. The molecular weight excluding hydrogens is 394 g/mol. The first-order chi connectivity index (χ1) is 13.9. The molecule has 0 radical (unpaired) electrons. The fraction of sp³-hybridized carbons (Fsp3) is 0.150. The highest BCUT2D eigenvalue weighted by Crippen LogP contribution is 2.42. The number of urea groups is 1. The van der Waals surface area contributed by atoms with Gasteiger partial charge in [0.2, 0.25) is 5.06 Å². The summed E-state index contributed by atoms with van der Waals surface area (Å²) in [4.78, 5) is 36.5. The van der Waals surface area contributed by atoms with Crippen LogP contribution in [0, 0.1) is 0 Å². The van der Waals surface area contributed by atoms with Gasteiger partial charge in [0.25, 0.3) is 5.56 Å². The quantitative estimate of drug-likeness (QED) is 0.552. The van der Waals surface area contributed by atoms with Crippen LogP contribution in [0.1, 0.15) is 13.3 Å². The number of hydrogen-bond donors (Lipinski definition) is 3. The molecule has 3 N–H and O–H groups in total. The molecule has 3 rings (SSSR count). The number of carbonyl (C=O) groups excluding carboxylic acids is 2. The summed E-state index contributed by atoms with van der Waals surface area (Å²) in [6.07, 6.45) is 1.56. The number of rotatable bonds is 5. The van der Waals surface area contributed by atoms with E-state index < -0.39 is 17.6 Å². The zero-order valence-corrected chi connectivity index (χ0v) is 16.6. The Bertz CT molecular complexity index is 1110. The number of esters is 1. The fourth-order valence-corrected chi connectivity index (χ4v) is 3.43. The Hall–Kier alpha value is -3.59. The molecule has 0 bridgehead atoms. The Morgan fingerprint density at radius 1 is 1.14 bits per heavy atom. The van der Waals surface area contributed by atoms with Gasteiger partial charge in [-0.2, -0.15) is 0 Å². The average molecular weight is 413 g/mol. The molecule has 2 amide bonds. The SMILES string of the molecule is CCC(=O)Oc1scc(-c2ccccc2)c1NC(=O)Nc1c(O)ccn(C)c1=O. The lowest BCUT2D eigenvalue weighted by Crippen LogP contribution is -2.27. The number of pyridine rings is 1. The lowest BCUT2D eigenvalue weighted by atomic mass is 10.1. The van der Waals surface area contributed by atoms with Crippen molar-refractivity contribution in [2.75, 3.05) is 10.6 Å². The van der Waals surface area contributed by atoms with Crippen molar-refractivity contribution in [1.29, 1.82) is 0 Å². The molecular formula is C20H19N3O5S. The number of nitrogens with zero attached hydrogens (tertiary/aromatic N) is 1. The molecule has 1 aromatic carbocycles. The van der Waals surface area contributed by atoms with E-state index in [0.717, 1.165) is 5.56 Å². The van der Waals surface area contributed by atoms with Gasteiger partial charge in [-0.15, -0.1) is 11.3 Å². The molecule has 0 atom stereocenters. The monoisotopic (exact) mass is 413 g/mol. The topological polar surface area (TPSA) is 110 Å². The number of anilines is 2. The molecule has 0 spiro atoms. The Kier molecular flexibility index (Phi) is 5.99. The summed E-state index contributed by atoms with van der Waals surface area (Å²) in [5, 5.41) is 16.9. The van der Waals surface area contributed by atoms with Crippen molar-refractivity contribution in [2.45, 2.75) is 13.3 Å². The summed E-state index contributed by atoms with van der Waals surface area (Å²) in [6, 6.07) is 9.81. The van der Waals surface area contributed by atoms with Gasteiger partial charge in [0.05, 0.1) is 0 Å². The Morgan fingerprint density at radius 2 is 1.83 bits per heavy atom. The van der Waals surface area contributed by atoms with Crippen LogP contribution in [0.2, 0.25) is 0 Å². The third kappa shape index (κ3) is 4.46. The number of aryl methyl sites for hydroxylation is 1. The Labute approximate surface area is 170 Å². The van der Waals surface area contributed by atoms with Gasteiger partial charge in [0, 0.05) is 30.6 Å². The number of benzene rings is 1. The highest BCUT2D eigenvalue weighted by Gasteiger charge is 2.20. The number of thiophene rings is 1. The van der Waals surface area contributed by atoms with Crippen molar-refractivity contribution in [3.05, 3.63) is 58.3 Å². The van der Waals surface area contributed by atoms with Crippen molar-refractivity contribution in [2.24, 2.45) is 7.05 Å². The zero-order valence-electron chi connectivity index (χ0n) is 15.8. The molecule has 0 fully saturated rings. The van der Waals surface area contributed by atoms with Crippen molar-refractivity contribution in [3.8, 4) is 21.9 Å². The summed E-state index contributed by atoms with van der Waals surface area (Å²) in [5.74, 6) is -0.793. The van der Waals surface area contributed by atoms with Crippen LogP contribution in [0.4, 0.5) is 16.2 Å². The van der Waals surface area contributed by atoms with E-state index in [2.05, 4.69) is 10.6 Å². The maximum absolute atomic E-state index is 12.6. The molecule has 0 saturated heterocycles. The molecule has 0 aliphatic rings.